The molecule has 32 heavy (non-hydrogen) atoms. The van der Waals surface area contributed by atoms with Crippen LogP contribution in [0.3, 0.4) is 0 Å². The van der Waals surface area contributed by atoms with Crippen LogP contribution in [0, 0.1) is 0 Å². The highest BCUT2D eigenvalue weighted by atomic mass is 35.5. The number of benzene rings is 3. The Hall–Kier alpha value is -3.96. The van der Waals surface area contributed by atoms with E-state index in [9.17, 15) is 4.79 Å². The van der Waals surface area contributed by atoms with E-state index in [0.717, 1.165) is 22.0 Å². The van der Waals surface area contributed by atoms with Gasteiger partial charge in [0.2, 0.25) is 0 Å². The lowest BCUT2D eigenvalue weighted by Crippen LogP contribution is -2.14. The summed E-state index contributed by atoms with van der Waals surface area (Å²) >= 11 is 6.17. The average Bonchev–Trinajstić information content (AvgIpc) is 3.25. The first-order valence-electron chi connectivity index (χ1n) is 10.2. The molecule has 0 spiro atoms. The minimum Gasteiger partial charge on any atom is -0.305 e. The molecule has 156 valence electrons. The van der Waals surface area contributed by atoms with Gasteiger partial charge >= 0.3 is 0 Å². The van der Waals surface area contributed by atoms with Gasteiger partial charge in [-0.3, -0.25) is 9.48 Å². The van der Waals surface area contributed by atoms with Crippen molar-refractivity contribution in [1.82, 2.24) is 14.8 Å². The summed E-state index contributed by atoms with van der Waals surface area (Å²) in [5.41, 5.74) is 3.95. The number of rotatable bonds is 5. The van der Waals surface area contributed by atoms with Crippen LogP contribution >= 0.6 is 11.6 Å². The lowest BCUT2D eigenvalue weighted by molar-refractivity contribution is 0.102. The van der Waals surface area contributed by atoms with E-state index >= 15 is 0 Å². The molecular weight excluding hydrogens is 420 g/mol. The van der Waals surface area contributed by atoms with Crippen molar-refractivity contribution < 1.29 is 4.79 Å². The molecule has 0 saturated heterocycles. The number of nitrogens with one attached hydrogen (secondary N) is 1. The Morgan fingerprint density at radius 1 is 0.906 bits per heavy atom. The van der Waals surface area contributed by atoms with Crippen LogP contribution in [0.2, 0.25) is 5.02 Å². The molecule has 0 unspecified atom stereocenters. The minimum atomic E-state index is -0.239. The van der Waals surface area contributed by atoms with Crippen LogP contribution in [0.5, 0.6) is 0 Å². The molecule has 1 amide bonds. The van der Waals surface area contributed by atoms with Crippen molar-refractivity contribution in [3.63, 3.8) is 0 Å². The van der Waals surface area contributed by atoms with E-state index < -0.39 is 0 Å². The number of pyridine rings is 1. The summed E-state index contributed by atoms with van der Waals surface area (Å²) in [6.07, 6.45) is 1.85. The summed E-state index contributed by atoms with van der Waals surface area (Å²) in [4.78, 5) is 18.0. The lowest BCUT2D eigenvalue weighted by atomic mass is 10.0. The Kier molecular flexibility index (Phi) is 5.40. The predicted molar refractivity (Wildman–Crippen MR) is 128 cm³/mol. The first-order chi connectivity index (χ1) is 15.7. The quantitative estimate of drug-likeness (QED) is 0.363. The first-order valence-corrected chi connectivity index (χ1v) is 10.6. The zero-order chi connectivity index (χ0) is 21.9. The molecule has 0 fully saturated rings. The van der Waals surface area contributed by atoms with Crippen molar-refractivity contribution in [2.24, 2.45) is 0 Å². The molecule has 0 aliphatic carbocycles. The first kappa shape index (κ1) is 20.0. The second-order valence-electron chi connectivity index (χ2n) is 7.42. The smallest absolute Gasteiger partial charge is 0.257 e. The second kappa shape index (κ2) is 8.65. The fraction of sp³-hybridized carbons (Fsp3) is 0.0385. The average molecular weight is 439 g/mol. The zero-order valence-electron chi connectivity index (χ0n) is 17.1. The van der Waals surface area contributed by atoms with Gasteiger partial charge < -0.3 is 5.32 Å². The van der Waals surface area contributed by atoms with Gasteiger partial charge in [0.1, 0.15) is 0 Å². The van der Waals surface area contributed by atoms with Gasteiger partial charge in [0.25, 0.3) is 5.91 Å². The molecule has 3 aromatic carbocycles. The summed E-state index contributed by atoms with van der Waals surface area (Å²) in [5, 5.41) is 8.81. The molecule has 1 N–H and O–H groups in total. The minimum absolute atomic E-state index is 0.239. The van der Waals surface area contributed by atoms with E-state index in [-0.39, 0.29) is 5.91 Å². The van der Waals surface area contributed by atoms with E-state index in [1.165, 1.54) is 0 Å². The number of nitrogens with zero attached hydrogens (tertiary/aromatic N) is 3. The van der Waals surface area contributed by atoms with E-state index in [4.69, 9.17) is 16.6 Å². The number of anilines is 1. The highest BCUT2D eigenvalue weighted by Gasteiger charge is 2.15. The third-order valence-corrected chi connectivity index (χ3v) is 5.39. The van der Waals surface area contributed by atoms with Crippen LogP contribution in [0.15, 0.2) is 97.2 Å². The number of carbonyl (C=O) groups is 1. The van der Waals surface area contributed by atoms with Crippen molar-refractivity contribution in [2.45, 2.75) is 6.54 Å². The third-order valence-electron chi connectivity index (χ3n) is 5.15. The maximum atomic E-state index is 13.2. The molecule has 2 aromatic heterocycles. The molecular formula is C26H19ClN4O. The molecule has 0 aliphatic heterocycles. The molecule has 6 heteroatoms. The monoisotopic (exact) mass is 438 g/mol. The van der Waals surface area contributed by atoms with Gasteiger partial charge in [-0.1, -0.05) is 72.3 Å². The fourth-order valence-electron chi connectivity index (χ4n) is 3.63. The fourth-order valence-corrected chi connectivity index (χ4v) is 3.82. The van der Waals surface area contributed by atoms with Crippen LogP contribution in [0.4, 0.5) is 5.82 Å². The Morgan fingerprint density at radius 3 is 2.56 bits per heavy atom. The normalized spacial score (nSPS) is 10.9. The predicted octanol–water partition coefficient (Wildman–Crippen LogP) is 6.05. The number of aromatic nitrogens is 3. The van der Waals surface area contributed by atoms with Gasteiger partial charge in [0, 0.05) is 28.2 Å². The molecule has 2 heterocycles. The van der Waals surface area contributed by atoms with Crippen molar-refractivity contribution in [1.29, 1.82) is 0 Å². The van der Waals surface area contributed by atoms with Crippen LogP contribution in [-0.4, -0.2) is 20.7 Å². The summed E-state index contributed by atoms with van der Waals surface area (Å²) in [6, 6.07) is 28.7. The molecule has 0 saturated carbocycles. The van der Waals surface area contributed by atoms with Gasteiger partial charge in [-0.05, 0) is 29.8 Å². The second-order valence-corrected chi connectivity index (χ2v) is 7.86. The number of carbonyl (C=O) groups excluding carboxylic acids is 1. The summed E-state index contributed by atoms with van der Waals surface area (Å²) < 4.78 is 1.80. The molecule has 5 rings (SSSR count). The summed E-state index contributed by atoms with van der Waals surface area (Å²) in [6.45, 7) is 0.633. The van der Waals surface area contributed by atoms with Crippen molar-refractivity contribution in [2.75, 3.05) is 5.32 Å². The van der Waals surface area contributed by atoms with Gasteiger partial charge in [-0.15, -0.1) is 0 Å². The molecule has 0 atom stereocenters. The van der Waals surface area contributed by atoms with E-state index in [0.29, 0.717) is 28.6 Å². The van der Waals surface area contributed by atoms with E-state index in [1.807, 2.05) is 85.1 Å². The van der Waals surface area contributed by atoms with Crippen LogP contribution in [0.1, 0.15) is 15.9 Å². The third kappa shape index (κ3) is 4.24. The highest BCUT2D eigenvalue weighted by molar-refractivity contribution is 6.30. The Labute approximate surface area is 190 Å². The van der Waals surface area contributed by atoms with Crippen molar-refractivity contribution in [3.8, 4) is 11.3 Å². The number of amides is 1. The molecule has 0 radical (unpaired) electrons. The number of hydrogen-bond acceptors (Lipinski definition) is 3. The molecule has 0 aliphatic rings. The Balaban J connectivity index is 1.46. The molecule has 0 bridgehead atoms. The molecule has 5 nitrogen and oxygen atoms in total. The largest absolute Gasteiger partial charge is 0.305 e. The number of hydrogen-bond donors (Lipinski definition) is 1. The van der Waals surface area contributed by atoms with Crippen LogP contribution in [-0.2, 0) is 6.54 Å². The van der Waals surface area contributed by atoms with Gasteiger partial charge in [-0.25, -0.2) is 4.98 Å². The number of para-hydroxylation sites is 1. The maximum absolute atomic E-state index is 13.2. The number of halogens is 1. The van der Waals surface area contributed by atoms with Crippen molar-refractivity contribution in [3.05, 3.63) is 113 Å². The standard InChI is InChI=1S/C26H19ClN4O/c27-20-10-6-9-19(15-20)24-16-22(21-11-4-5-12-23(21)28-24)26(32)29-25-13-14-31(30-25)17-18-7-2-1-3-8-18/h1-16H,17H2,(H,29,30,32). The van der Waals surface area contributed by atoms with Crippen LogP contribution < -0.4 is 5.32 Å². The summed E-state index contributed by atoms with van der Waals surface area (Å²) in [7, 11) is 0. The van der Waals surface area contributed by atoms with Gasteiger partial charge in [0.05, 0.1) is 23.3 Å². The maximum Gasteiger partial charge on any atom is 0.257 e. The van der Waals surface area contributed by atoms with E-state index in [1.54, 1.807) is 16.8 Å². The zero-order valence-corrected chi connectivity index (χ0v) is 17.8. The van der Waals surface area contributed by atoms with Crippen LogP contribution in [0.25, 0.3) is 22.2 Å². The Bertz CT molecular complexity index is 1410. The topological polar surface area (TPSA) is 59.8 Å². The Morgan fingerprint density at radius 2 is 1.72 bits per heavy atom. The highest BCUT2D eigenvalue weighted by Crippen LogP contribution is 2.27. The van der Waals surface area contributed by atoms with Crippen molar-refractivity contribution >= 4 is 34.2 Å². The lowest BCUT2D eigenvalue weighted by Gasteiger charge is -2.10. The van der Waals surface area contributed by atoms with Gasteiger partial charge in [-0.2, -0.15) is 5.10 Å². The SMILES string of the molecule is O=C(Nc1ccn(Cc2ccccc2)n1)c1cc(-c2cccc(Cl)c2)nc2ccccc12. The van der Waals surface area contributed by atoms with Gasteiger partial charge in [0.15, 0.2) is 5.82 Å². The summed E-state index contributed by atoms with van der Waals surface area (Å²) in [5.74, 6) is 0.257. The number of fused-ring (bicyclic) bond motifs is 1. The van der Waals surface area contributed by atoms with E-state index in [2.05, 4.69) is 10.4 Å². The molecule has 5 aromatic rings.